The van der Waals surface area contributed by atoms with Crippen LogP contribution in [-0.4, -0.2) is 18.0 Å². The third-order valence-electron chi connectivity index (χ3n) is 3.25. The molecule has 1 N–H and O–H groups in total. The lowest BCUT2D eigenvalue weighted by Gasteiger charge is -2.18. The predicted molar refractivity (Wildman–Crippen MR) is 84.6 cm³/mol. The molecular formula is C17H19FO2S. The second kappa shape index (κ2) is 6.96. The molecule has 112 valence electrons. The lowest BCUT2D eigenvalue weighted by molar-refractivity contribution is 0.198. The van der Waals surface area contributed by atoms with Crippen LogP contribution >= 0.6 is 11.8 Å². The molecular weight excluding hydrogens is 287 g/mol. The van der Waals surface area contributed by atoms with E-state index in [-0.39, 0.29) is 5.82 Å². The third-order valence-corrected chi connectivity index (χ3v) is 4.32. The maximum absolute atomic E-state index is 13.1. The molecule has 0 aliphatic heterocycles. The topological polar surface area (TPSA) is 29.5 Å². The number of hydrogen-bond donors (Lipinski definition) is 1. The van der Waals surface area contributed by atoms with Gasteiger partial charge < -0.3 is 9.84 Å². The summed E-state index contributed by atoms with van der Waals surface area (Å²) in [5.74, 6) is 0.877. The van der Waals surface area contributed by atoms with Crippen LogP contribution in [0.1, 0.15) is 22.8 Å². The maximum atomic E-state index is 13.1. The molecule has 0 heterocycles. The Morgan fingerprint density at radius 1 is 1.24 bits per heavy atom. The van der Waals surface area contributed by atoms with Crippen molar-refractivity contribution < 1.29 is 14.2 Å². The monoisotopic (exact) mass is 306 g/mol. The van der Waals surface area contributed by atoms with E-state index in [0.717, 1.165) is 21.6 Å². The van der Waals surface area contributed by atoms with Gasteiger partial charge in [0.15, 0.2) is 0 Å². The van der Waals surface area contributed by atoms with Gasteiger partial charge >= 0.3 is 0 Å². The van der Waals surface area contributed by atoms with Gasteiger partial charge in [0.05, 0.1) is 13.2 Å². The summed E-state index contributed by atoms with van der Waals surface area (Å²) in [5.41, 5.74) is 2.89. The molecule has 0 spiro atoms. The Morgan fingerprint density at radius 2 is 2.00 bits per heavy atom. The van der Waals surface area contributed by atoms with Crippen LogP contribution in [0.25, 0.3) is 0 Å². The summed E-state index contributed by atoms with van der Waals surface area (Å²) in [6.45, 7) is 3.95. The largest absolute Gasteiger partial charge is 0.496 e. The first-order valence-corrected chi connectivity index (χ1v) is 7.71. The second-order valence-electron chi connectivity index (χ2n) is 4.98. The Balaban J connectivity index is 2.15. The van der Waals surface area contributed by atoms with E-state index in [1.165, 1.54) is 23.9 Å². The van der Waals surface area contributed by atoms with Gasteiger partial charge in [-0.15, -0.1) is 11.8 Å². The SMILES string of the molecule is COc1cc(C)cc(C)c1C(O)CSc1cccc(F)c1. The van der Waals surface area contributed by atoms with E-state index in [2.05, 4.69) is 0 Å². The van der Waals surface area contributed by atoms with Gasteiger partial charge in [0.25, 0.3) is 0 Å². The Hall–Kier alpha value is -1.52. The van der Waals surface area contributed by atoms with Gasteiger partial charge in [-0.05, 0) is 49.2 Å². The van der Waals surface area contributed by atoms with Gasteiger partial charge in [0.2, 0.25) is 0 Å². The number of ether oxygens (including phenoxy) is 1. The molecule has 0 saturated heterocycles. The van der Waals surface area contributed by atoms with Crippen molar-refractivity contribution in [2.45, 2.75) is 24.8 Å². The van der Waals surface area contributed by atoms with Crippen molar-refractivity contribution in [2.24, 2.45) is 0 Å². The Kier molecular flexibility index (Phi) is 5.26. The zero-order chi connectivity index (χ0) is 15.4. The molecule has 0 radical (unpaired) electrons. The highest BCUT2D eigenvalue weighted by atomic mass is 32.2. The molecule has 4 heteroatoms. The van der Waals surface area contributed by atoms with E-state index < -0.39 is 6.10 Å². The summed E-state index contributed by atoms with van der Waals surface area (Å²) in [5, 5.41) is 10.4. The van der Waals surface area contributed by atoms with E-state index in [1.807, 2.05) is 32.0 Å². The lowest BCUT2D eigenvalue weighted by atomic mass is 10.0. The fourth-order valence-corrected chi connectivity index (χ4v) is 3.24. The minimum Gasteiger partial charge on any atom is -0.496 e. The maximum Gasteiger partial charge on any atom is 0.125 e. The molecule has 2 aromatic rings. The van der Waals surface area contributed by atoms with Crippen LogP contribution in [0, 0.1) is 19.7 Å². The van der Waals surface area contributed by atoms with Crippen LogP contribution in [-0.2, 0) is 0 Å². The van der Waals surface area contributed by atoms with Crippen molar-refractivity contribution in [1.82, 2.24) is 0 Å². The molecule has 0 saturated carbocycles. The summed E-state index contributed by atoms with van der Waals surface area (Å²) in [6.07, 6.45) is -0.659. The summed E-state index contributed by atoms with van der Waals surface area (Å²) < 4.78 is 18.5. The van der Waals surface area contributed by atoms with Gasteiger partial charge in [-0.25, -0.2) is 4.39 Å². The molecule has 0 bridgehead atoms. The Bertz CT molecular complexity index is 628. The van der Waals surface area contributed by atoms with E-state index in [1.54, 1.807) is 13.2 Å². The minimum absolute atomic E-state index is 0.265. The van der Waals surface area contributed by atoms with Crippen LogP contribution in [0.4, 0.5) is 4.39 Å². The van der Waals surface area contributed by atoms with Gasteiger partial charge in [-0.2, -0.15) is 0 Å². The predicted octanol–water partition coefficient (Wildman–Crippen LogP) is 4.28. The molecule has 0 fully saturated rings. The number of methoxy groups -OCH3 is 1. The molecule has 2 aromatic carbocycles. The minimum atomic E-state index is -0.659. The Labute approximate surface area is 129 Å². The smallest absolute Gasteiger partial charge is 0.125 e. The second-order valence-corrected chi connectivity index (χ2v) is 6.08. The molecule has 0 amide bonds. The van der Waals surface area contributed by atoms with E-state index in [9.17, 15) is 9.50 Å². The molecule has 21 heavy (non-hydrogen) atoms. The summed E-state index contributed by atoms with van der Waals surface area (Å²) in [7, 11) is 1.60. The normalized spacial score (nSPS) is 12.2. The van der Waals surface area contributed by atoms with Crippen LogP contribution < -0.4 is 4.74 Å². The Morgan fingerprint density at radius 3 is 2.67 bits per heavy atom. The average molecular weight is 306 g/mol. The molecule has 0 aromatic heterocycles. The highest BCUT2D eigenvalue weighted by Gasteiger charge is 2.17. The average Bonchev–Trinajstić information content (AvgIpc) is 2.44. The third kappa shape index (κ3) is 3.99. The van der Waals surface area contributed by atoms with Crippen LogP contribution in [0.5, 0.6) is 5.75 Å². The zero-order valence-electron chi connectivity index (χ0n) is 12.4. The number of hydrogen-bond acceptors (Lipinski definition) is 3. The number of halogens is 1. The number of aliphatic hydroxyl groups excluding tert-OH is 1. The highest BCUT2D eigenvalue weighted by Crippen LogP contribution is 2.33. The van der Waals surface area contributed by atoms with Gasteiger partial charge in [0.1, 0.15) is 11.6 Å². The fourth-order valence-electron chi connectivity index (χ4n) is 2.35. The van der Waals surface area contributed by atoms with Crippen molar-refractivity contribution in [3.8, 4) is 5.75 Å². The van der Waals surface area contributed by atoms with Crippen molar-refractivity contribution >= 4 is 11.8 Å². The van der Waals surface area contributed by atoms with Gasteiger partial charge in [-0.3, -0.25) is 0 Å². The molecule has 0 aliphatic rings. The van der Waals surface area contributed by atoms with Crippen LogP contribution in [0.15, 0.2) is 41.3 Å². The van der Waals surface area contributed by atoms with E-state index >= 15 is 0 Å². The van der Waals surface area contributed by atoms with Crippen LogP contribution in [0.3, 0.4) is 0 Å². The number of rotatable bonds is 5. The van der Waals surface area contributed by atoms with E-state index in [4.69, 9.17) is 4.74 Å². The first kappa shape index (κ1) is 15.9. The molecule has 1 unspecified atom stereocenters. The van der Waals surface area contributed by atoms with Crippen molar-refractivity contribution in [3.63, 3.8) is 0 Å². The molecule has 0 aliphatic carbocycles. The molecule has 2 rings (SSSR count). The van der Waals surface area contributed by atoms with Crippen molar-refractivity contribution in [3.05, 3.63) is 58.9 Å². The number of benzene rings is 2. The number of aliphatic hydroxyl groups is 1. The van der Waals surface area contributed by atoms with Crippen molar-refractivity contribution in [1.29, 1.82) is 0 Å². The molecule has 1 atom stereocenters. The number of aryl methyl sites for hydroxylation is 2. The van der Waals surface area contributed by atoms with Gasteiger partial charge in [0, 0.05) is 16.2 Å². The number of thioether (sulfide) groups is 1. The van der Waals surface area contributed by atoms with Crippen molar-refractivity contribution in [2.75, 3.05) is 12.9 Å². The highest BCUT2D eigenvalue weighted by molar-refractivity contribution is 7.99. The quantitative estimate of drug-likeness (QED) is 0.836. The van der Waals surface area contributed by atoms with Crippen LogP contribution in [0.2, 0.25) is 0 Å². The first-order valence-electron chi connectivity index (χ1n) is 6.73. The molecule has 2 nitrogen and oxygen atoms in total. The summed E-state index contributed by atoms with van der Waals surface area (Å²) in [4.78, 5) is 0.804. The first-order chi connectivity index (χ1) is 10.0. The zero-order valence-corrected chi connectivity index (χ0v) is 13.2. The summed E-state index contributed by atoms with van der Waals surface area (Å²) >= 11 is 1.42. The summed E-state index contributed by atoms with van der Waals surface area (Å²) in [6, 6.07) is 10.3. The lowest BCUT2D eigenvalue weighted by Crippen LogP contribution is -2.06. The fraction of sp³-hybridized carbons (Fsp3) is 0.294. The standard InChI is InChI=1S/C17H19FO2S/c1-11-7-12(2)17(16(8-11)20-3)15(19)10-21-14-6-4-5-13(18)9-14/h4-9,15,19H,10H2,1-3H3. The van der Waals surface area contributed by atoms with Gasteiger partial charge in [-0.1, -0.05) is 12.1 Å². The van der Waals surface area contributed by atoms with E-state index in [0.29, 0.717) is 11.5 Å².